The lowest BCUT2D eigenvalue weighted by Gasteiger charge is -2.37. The van der Waals surface area contributed by atoms with Gasteiger partial charge in [0.2, 0.25) is 0 Å². The van der Waals surface area contributed by atoms with Crippen LogP contribution < -0.4 is 15.5 Å². The number of amides is 2. The van der Waals surface area contributed by atoms with Crippen molar-refractivity contribution in [3.05, 3.63) is 48.0 Å². The van der Waals surface area contributed by atoms with Gasteiger partial charge < -0.3 is 30.3 Å². The number of phenols is 1. The second-order valence-corrected chi connectivity index (χ2v) is 10.9. The number of carboxylic acids is 1. The predicted octanol–water partition coefficient (Wildman–Crippen LogP) is 4.53. The predicted molar refractivity (Wildman–Crippen MR) is 136 cm³/mol. The van der Waals surface area contributed by atoms with E-state index in [-0.39, 0.29) is 18.2 Å². The Balaban J connectivity index is 1.92. The normalized spacial score (nSPS) is 18.2. The largest absolute Gasteiger partial charge is 0.616 e. The maximum Gasteiger partial charge on any atom is 0.323 e. The van der Waals surface area contributed by atoms with Gasteiger partial charge in [-0.25, -0.2) is 4.79 Å². The number of rotatable bonds is 8. The molecule has 8 nitrogen and oxygen atoms in total. The van der Waals surface area contributed by atoms with Crippen LogP contribution in [0.25, 0.3) is 0 Å². The Morgan fingerprint density at radius 3 is 2.35 bits per heavy atom. The molecule has 3 rings (SSSR count). The van der Waals surface area contributed by atoms with Gasteiger partial charge in [-0.1, -0.05) is 31.1 Å². The monoisotopic (exact) mass is 487 g/mol. The third kappa shape index (κ3) is 6.57. The van der Waals surface area contributed by atoms with E-state index >= 15 is 0 Å². The Hall–Kier alpha value is -2.91. The molecule has 0 unspecified atom stereocenters. The molecule has 0 saturated carbocycles. The summed E-state index contributed by atoms with van der Waals surface area (Å²) in [7, 11) is 0. The van der Waals surface area contributed by atoms with Gasteiger partial charge in [0.1, 0.15) is 17.3 Å². The zero-order valence-corrected chi connectivity index (χ0v) is 20.7. The number of carbonyl (C=O) groups is 2. The van der Waals surface area contributed by atoms with Gasteiger partial charge in [-0.05, 0) is 48.9 Å². The highest BCUT2D eigenvalue weighted by Crippen LogP contribution is 2.36. The summed E-state index contributed by atoms with van der Waals surface area (Å²) in [4.78, 5) is 26.5. The summed E-state index contributed by atoms with van der Waals surface area (Å²) in [5.74, 6) is 0.539. The topological polar surface area (TPSA) is 125 Å². The highest BCUT2D eigenvalue weighted by atomic mass is 32.2. The second-order valence-electron chi connectivity index (χ2n) is 9.18. The van der Waals surface area contributed by atoms with Crippen molar-refractivity contribution < 1.29 is 24.4 Å². The Bertz CT molecular complexity index is 1000. The Kier molecular flexibility index (Phi) is 8.33. The van der Waals surface area contributed by atoms with Crippen molar-refractivity contribution in [3.63, 3.8) is 0 Å². The summed E-state index contributed by atoms with van der Waals surface area (Å²) in [5.41, 5.74) is 2.13. The van der Waals surface area contributed by atoms with Crippen LogP contribution in [0, 0.1) is 0 Å². The lowest BCUT2D eigenvalue weighted by atomic mass is 9.81. The number of aliphatic carboxylic acids is 1. The minimum atomic E-state index is -0.890. The molecule has 2 amide bonds. The van der Waals surface area contributed by atoms with E-state index in [1.165, 1.54) is 12.1 Å². The molecule has 0 radical (unpaired) electrons. The number of benzene rings is 2. The van der Waals surface area contributed by atoms with Gasteiger partial charge in [0.05, 0.1) is 17.8 Å². The molecular formula is C25H33N3O5S. The van der Waals surface area contributed by atoms with Crippen molar-refractivity contribution in [1.82, 2.24) is 0 Å². The van der Waals surface area contributed by atoms with Crippen molar-refractivity contribution in [3.8, 4) is 5.75 Å². The summed E-state index contributed by atoms with van der Waals surface area (Å²) in [6.45, 7) is 6.49. The number of nitrogens with one attached hydrogen (secondary N) is 2. The molecule has 1 aliphatic rings. The molecule has 0 spiro atoms. The fraction of sp³-hybridized carbons (Fsp3) is 0.440. The maximum atomic E-state index is 12.9. The molecule has 4 N–H and O–H groups in total. The molecule has 0 aliphatic carbocycles. The van der Waals surface area contributed by atoms with Gasteiger partial charge in [0.15, 0.2) is 0 Å². The molecule has 9 heteroatoms. The number of carboxylic acid groups (broad SMARTS) is 1. The first kappa shape index (κ1) is 25.7. The van der Waals surface area contributed by atoms with Crippen LogP contribution in [0.4, 0.5) is 21.9 Å². The highest BCUT2D eigenvalue weighted by molar-refractivity contribution is 7.91. The number of phenolic OH excluding ortho intramolecular Hbond substituents is 1. The lowest BCUT2D eigenvalue weighted by Crippen LogP contribution is -2.42. The number of aromatic hydroxyl groups is 1. The summed E-state index contributed by atoms with van der Waals surface area (Å²) >= 11 is -0.776. The number of anilines is 3. The number of hydrogen-bond acceptors (Lipinski definition) is 5. The van der Waals surface area contributed by atoms with Crippen LogP contribution in [0.3, 0.4) is 0 Å². The number of nitrogens with zero attached hydrogens (tertiary/aromatic N) is 1. The molecule has 34 heavy (non-hydrogen) atoms. The molecule has 0 bridgehead atoms. The Morgan fingerprint density at radius 1 is 1.12 bits per heavy atom. The minimum absolute atomic E-state index is 0.0442. The molecule has 184 valence electrons. The zero-order valence-electron chi connectivity index (χ0n) is 19.8. The van der Waals surface area contributed by atoms with E-state index in [0.717, 1.165) is 24.1 Å². The Morgan fingerprint density at radius 2 is 1.76 bits per heavy atom. The number of hydrogen-bond donors (Lipinski definition) is 4. The van der Waals surface area contributed by atoms with Gasteiger partial charge in [-0.15, -0.1) is 0 Å². The highest BCUT2D eigenvalue weighted by Gasteiger charge is 2.30. The first-order chi connectivity index (χ1) is 16.1. The quantitative estimate of drug-likeness (QED) is 0.320. The van der Waals surface area contributed by atoms with Gasteiger partial charge in [-0.2, -0.15) is 0 Å². The zero-order chi connectivity index (χ0) is 24.9. The van der Waals surface area contributed by atoms with Crippen molar-refractivity contribution in [1.29, 1.82) is 0 Å². The molecular weight excluding hydrogens is 454 g/mol. The van der Waals surface area contributed by atoms with Crippen molar-refractivity contribution in [2.24, 2.45) is 0 Å². The van der Waals surface area contributed by atoms with Crippen LogP contribution >= 0.6 is 0 Å². The smallest absolute Gasteiger partial charge is 0.323 e. The van der Waals surface area contributed by atoms with Crippen LogP contribution in [-0.4, -0.2) is 50.9 Å². The van der Waals surface area contributed by atoms with Gasteiger partial charge in [0.25, 0.3) is 0 Å². The number of carbonyl (C=O) groups excluding carboxylic acids is 1. The third-order valence-corrected chi connectivity index (χ3v) is 7.58. The van der Waals surface area contributed by atoms with E-state index in [9.17, 15) is 24.4 Å². The van der Waals surface area contributed by atoms with Gasteiger partial charge >= 0.3 is 12.0 Å². The summed E-state index contributed by atoms with van der Waals surface area (Å²) in [5, 5.41) is 24.5. The SMILES string of the molecule is CCN(c1ccc(C(C)(C)CC(=O)O)cc1NC(=O)Nc1ccc(O)cc1)C1CC[S+]([O-])CC1. The van der Waals surface area contributed by atoms with E-state index in [1.54, 1.807) is 12.1 Å². The van der Waals surface area contributed by atoms with Crippen molar-refractivity contribution >= 4 is 40.2 Å². The van der Waals surface area contributed by atoms with E-state index < -0.39 is 28.6 Å². The average Bonchev–Trinajstić information content (AvgIpc) is 2.77. The average molecular weight is 488 g/mol. The molecule has 1 heterocycles. The summed E-state index contributed by atoms with van der Waals surface area (Å²) in [6.07, 6.45) is 1.58. The molecule has 1 saturated heterocycles. The fourth-order valence-electron chi connectivity index (χ4n) is 4.34. The van der Waals surface area contributed by atoms with E-state index in [0.29, 0.717) is 29.4 Å². The van der Waals surface area contributed by atoms with Gasteiger partial charge in [0, 0.05) is 36.5 Å². The molecule has 0 atom stereocenters. The van der Waals surface area contributed by atoms with Crippen LogP contribution in [0.5, 0.6) is 5.75 Å². The van der Waals surface area contributed by atoms with Crippen LogP contribution in [0.2, 0.25) is 0 Å². The molecule has 1 fully saturated rings. The summed E-state index contributed by atoms with van der Waals surface area (Å²) < 4.78 is 11.9. The first-order valence-electron chi connectivity index (χ1n) is 11.4. The standard InChI is InChI=1S/C25H33N3O5S/c1-4-28(19-11-13-34(33)14-12-19)22-10-5-17(25(2,3)16-23(30)31)15-21(22)27-24(32)26-18-6-8-20(29)9-7-18/h5-10,15,19,29H,4,11-14,16H2,1-3H3,(H,30,31)(H2,26,27,32). The molecule has 1 aliphatic heterocycles. The van der Waals surface area contributed by atoms with Crippen LogP contribution in [0.1, 0.15) is 45.6 Å². The fourth-order valence-corrected chi connectivity index (χ4v) is 5.61. The molecule has 0 aromatic heterocycles. The van der Waals surface area contributed by atoms with E-state index in [4.69, 9.17) is 0 Å². The van der Waals surface area contributed by atoms with E-state index in [1.807, 2.05) is 39.0 Å². The third-order valence-electron chi connectivity index (χ3n) is 6.19. The lowest BCUT2D eigenvalue weighted by molar-refractivity contribution is -0.138. The van der Waals surface area contributed by atoms with Crippen LogP contribution in [0.15, 0.2) is 42.5 Å². The summed E-state index contributed by atoms with van der Waals surface area (Å²) in [6, 6.07) is 11.6. The van der Waals surface area contributed by atoms with Crippen molar-refractivity contribution in [2.45, 2.75) is 51.5 Å². The van der Waals surface area contributed by atoms with Gasteiger partial charge in [-0.3, -0.25) is 4.79 Å². The molecule has 2 aromatic carbocycles. The minimum Gasteiger partial charge on any atom is -0.616 e. The van der Waals surface area contributed by atoms with Crippen LogP contribution in [-0.2, 0) is 21.4 Å². The Labute approximate surface area is 203 Å². The molecule has 2 aromatic rings. The van der Waals surface area contributed by atoms with Crippen molar-refractivity contribution in [2.75, 3.05) is 33.6 Å². The second kappa shape index (κ2) is 11.0. The first-order valence-corrected chi connectivity index (χ1v) is 12.9. The van der Waals surface area contributed by atoms with E-state index in [2.05, 4.69) is 15.5 Å². The number of urea groups is 1. The maximum absolute atomic E-state index is 12.9.